The first kappa shape index (κ1) is 15.2. The number of aliphatic hydroxyl groups excluding tert-OH is 1. The first-order valence-electron chi connectivity index (χ1n) is 7.29. The predicted octanol–water partition coefficient (Wildman–Crippen LogP) is 2.30. The number of hydrogen-bond donors (Lipinski definition) is 1. The van der Waals surface area contributed by atoms with Gasteiger partial charge in [0.2, 0.25) is 0 Å². The quantitative estimate of drug-likeness (QED) is 0.881. The second kappa shape index (κ2) is 5.81. The number of halogens is 1. The van der Waals surface area contributed by atoms with Crippen LogP contribution in [0.4, 0.5) is 10.1 Å². The Morgan fingerprint density at radius 1 is 1.41 bits per heavy atom. The van der Waals surface area contributed by atoms with E-state index in [2.05, 4.69) is 5.10 Å². The van der Waals surface area contributed by atoms with Gasteiger partial charge in [0, 0.05) is 13.6 Å². The molecule has 0 unspecified atom stereocenters. The van der Waals surface area contributed by atoms with Crippen molar-refractivity contribution < 1.29 is 9.50 Å². The third kappa shape index (κ3) is 2.55. The van der Waals surface area contributed by atoms with Crippen molar-refractivity contribution in [1.29, 1.82) is 0 Å². The molecular formula is C15H19FN4OS. The minimum absolute atomic E-state index is 0.169. The van der Waals surface area contributed by atoms with E-state index in [1.54, 1.807) is 22.4 Å². The van der Waals surface area contributed by atoms with E-state index < -0.39 is 0 Å². The molecule has 1 N–H and O–H groups in total. The number of aryl methyl sites for hydroxylation is 2. The summed E-state index contributed by atoms with van der Waals surface area (Å²) in [6.07, 6.45) is 1.86. The number of hydrogen-bond acceptors (Lipinski definition) is 4. The highest BCUT2D eigenvalue weighted by Gasteiger charge is 2.22. The highest BCUT2D eigenvalue weighted by molar-refractivity contribution is 7.71. The summed E-state index contributed by atoms with van der Waals surface area (Å²) in [6, 6.07) is 3.61. The van der Waals surface area contributed by atoms with E-state index in [9.17, 15) is 9.50 Å². The Morgan fingerprint density at radius 3 is 2.86 bits per heavy atom. The highest BCUT2D eigenvalue weighted by atomic mass is 32.1. The van der Waals surface area contributed by atoms with Gasteiger partial charge in [-0.3, -0.25) is 0 Å². The molecule has 0 radical (unpaired) electrons. The Morgan fingerprint density at radius 2 is 2.18 bits per heavy atom. The molecule has 0 saturated carbocycles. The van der Waals surface area contributed by atoms with Crippen LogP contribution >= 0.6 is 12.2 Å². The van der Waals surface area contributed by atoms with E-state index >= 15 is 0 Å². The van der Waals surface area contributed by atoms with Crippen LogP contribution in [0.2, 0.25) is 0 Å². The van der Waals surface area contributed by atoms with Gasteiger partial charge in [-0.15, -0.1) is 0 Å². The van der Waals surface area contributed by atoms with Crippen molar-refractivity contribution in [2.45, 2.75) is 33.0 Å². The lowest BCUT2D eigenvalue weighted by Crippen LogP contribution is -2.33. The first-order valence-corrected chi connectivity index (χ1v) is 7.69. The molecule has 1 aromatic heterocycles. The molecule has 1 aromatic carbocycles. The number of rotatable bonds is 3. The van der Waals surface area contributed by atoms with E-state index in [4.69, 9.17) is 12.2 Å². The van der Waals surface area contributed by atoms with Gasteiger partial charge in [0.25, 0.3) is 0 Å². The Kier molecular flexibility index (Phi) is 4.01. The summed E-state index contributed by atoms with van der Waals surface area (Å²) >= 11 is 5.33. The van der Waals surface area contributed by atoms with Crippen LogP contribution in [0.1, 0.15) is 23.4 Å². The zero-order valence-electron chi connectivity index (χ0n) is 12.7. The zero-order valence-corrected chi connectivity index (χ0v) is 13.5. The summed E-state index contributed by atoms with van der Waals surface area (Å²) in [5, 5.41) is 13.6. The van der Waals surface area contributed by atoms with Gasteiger partial charge in [-0.05, 0) is 49.2 Å². The maximum atomic E-state index is 14.4. The summed E-state index contributed by atoms with van der Waals surface area (Å²) in [5.41, 5.74) is 2.62. The third-order valence-electron chi connectivity index (χ3n) is 4.05. The second-order valence-corrected chi connectivity index (χ2v) is 6.04. The first-order chi connectivity index (χ1) is 10.5. The average molecular weight is 322 g/mol. The normalized spacial score (nSPS) is 14.3. The smallest absolute Gasteiger partial charge is 0.199 e. The standard InChI is InChI=1S/C15H19FN4OS/c1-10-6-11-4-3-5-19(14(11)12(16)7-10)9-20-15(22)18(2)13(8-21)17-20/h6-7,21H,3-5,8-9H2,1-2H3. The van der Waals surface area contributed by atoms with Gasteiger partial charge < -0.3 is 14.6 Å². The number of anilines is 1. The van der Waals surface area contributed by atoms with Crippen LogP contribution in [0.15, 0.2) is 12.1 Å². The number of benzene rings is 1. The van der Waals surface area contributed by atoms with Crippen LogP contribution in [0.25, 0.3) is 0 Å². The molecule has 0 atom stereocenters. The van der Waals surface area contributed by atoms with Crippen molar-refractivity contribution in [2.24, 2.45) is 7.05 Å². The van der Waals surface area contributed by atoms with Crippen LogP contribution in [0, 0.1) is 17.5 Å². The van der Waals surface area contributed by atoms with Crippen LogP contribution in [0.5, 0.6) is 0 Å². The Hall–Kier alpha value is -1.73. The summed E-state index contributed by atoms with van der Waals surface area (Å²) in [7, 11) is 1.77. The molecule has 22 heavy (non-hydrogen) atoms. The lowest BCUT2D eigenvalue weighted by Gasteiger charge is -2.31. The van der Waals surface area contributed by atoms with Crippen molar-refractivity contribution in [3.63, 3.8) is 0 Å². The number of fused-ring (bicyclic) bond motifs is 1. The lowest BCUT2D eigenvalue weighted by molar-refractivity contribution is 0.265. The molecule has 2 aromatic rings. The molecule has 0 amide bonds. The van der Waals surface area contributed by atoms with Gasteiger partial charge >= 0.3 is 0 Å². The van der Waals surface area contributed by atoms with Gasteiger partial charge in [0.15, 0.2) is 10.6 Å². The molecular weight excluding hydrogens is 303 g/mol. The van der Waals surface area contributed by atoms with E-state index in [0.717, 1.165) is 30.5 Å². The monoisotopic (exact) mass is 322 g/mol. The van der Waals surface area contributed by atoms with Gasteiger partial charge in [-0.2, -0.15) is 5.10 Å². The Labute approximate surface area is 133 Å². The van der Waals surface area contributed by atoms with Crippen molar-refractivity contribution in [3.8, 4) is 0 Å². The molecule has 118 valence electrons. The molecule has 0 bridgehead atoms. The van der Waals surface area contributed by atoms with Gasteiger partial charge in [0.05, 0.1) is 5.69 Å². The molecule has 2 heterocycles. The topological polar surface area (TPSA) is 46.2 Å². The summed E-state index contributed by atoms with van der Waals surface area (Å²) < 4.78 is 18.2. The number of aliphatic hydroxyl groups is 1. The lowest BCUT2D eigenvalue weighted by atomic mass is 9.99. The molecule has 0 fully saturated rings. The number of nitrogens with zero attached hydrogens (tertiary/aromatic N) is 4. The van der Waals surface area contributed by atoms with Crippen LogP contribution in [-0.2, 0) is 26.7 Å². The largest absolute Gasteiger partial charge is 0.388 e. The highest BCUT2D eigenvalue weighted by Crippen LogP contribution is 2.31. The molecule has 5 nitrogen and oxygen atoms in total. The fraction of sp³-hybridized carbons (Fsp3) is 0.467. The van der Waals surface area contributed by atoms with Crippen LogP contribution in [0.3, 0.4) is 0 Å². The van der Waals surface area contributed by atoms with Crippen molar-refractivity contribution in [1.82, 2.24) is 14.3 Å². The molecule has 0 saturated heterocycles. The Bertz CT molecular complexity index is 768. The fourth-order valence-corrected chi connectivity index (χ4v) is 3.19. The maximum absolute atomic E-state index is 14.4. The summed E-state index contributed by atoms with van der Waals surface area (Å²) in [5.74, 6) is 0.311. The number of aromatic nitrogens is 3. The molecule has 1 aliphatic heterocycles. The average Bonchev–Trinajstić information content (AvgIpc) is 2.74. The molecule has 3 rings (SSSR count). The van der Waals surface area contributed by atoms with Gasteiger partial charge in [-0.25, -0.2) is 9.07 Å². The Balaban J connectivity index is 1.97. The minimum Gasteiger partial charge on any atom is -0.388 e. The second-order valence-electron chi connectivity index (χ2n) is 5.68. The molecule has 1 aliphatic rings. The van der Waals surface area contributed by atoms with E-state index in [0.29, 0.717) is 23.0 Å². The van der Waals surface area contributed by atoms with Gasteiger partial charge in [-0.1, -0.05) is 6.07 Å². The molecule has 0 aliphatic carbocycles. The van der Waals surface area contributed by atoms with E-state index in [1.165, 1.54) is 0 Å². The van der Waals surface area contributed by atoms with Crippen LogP contribution < -0.4 is 4.90 Å². The SMILES string of the molecule is Cc1cc(F)c2c(c1)CCCN2Cn1nc(CO)n(C)c1=S. The molecule has 7 heteroatoms. The van der Waals surface area contributed by atoms with Crippen LogP contribution in [-0.4, -0.2) is 26.0 Å². The molecule has 0 spiro atoms. The summed E-state index contributed by atoms with van der Waals surface area (Å²) in [4.78, 5) is 1.97. The van der Waals surface area contributed by atoms with E-state index in [1.807, 2.05) is 17.9 Å². The summed E-state index contributed by atoms with van der Waals surface area (Å²) in [6.45, 7) is 2.89. The maximum Gasteiger partial charge on any atom is 0.199 e. The van der Waals surface area contributed by atoms with Gasteiger partial charge in [0.1, 0.15) is 19.1 Å². The van der Waals surface area contributed by atoms with E-state index in [-0.39, 0.29) is 12.4 Å². The van der Waals surface area contributed by atoms with Crippen molar-refractivity contribution in [2.75, 3.05) is 11.4 Å². The van der Waals surface area contributed by atoms with Crippen molar-refractivity contribution in [3.05, 3.63) is 39.7 Å². The minimum atomic E-state index is -0.195. The fourth-order valence-electron chi connectivity index (χ4n) is 2.99. The predicted molar refractivity (Wildman–Crippen MR) is 84.8 cm³/mol. The third-order valence-corrected chi connectivity index (χ3v) is 4.54. The van der Waals surface area contributed by atoms with Crippen molar-refractivity contribution >= 4 is 17.9 Å². The zero-order chi connectivity index (χ0) is 15.9.